The topological polar surface area (TPSA) is 41.6 Å². The van der Waals surface area contributed by atoms with Crippen LogP contribution in [-0.4, -0.2) is 61.2 Å². The van der Waals surface area contributed by atoms with E-state index in [1.165, 1.54) is 7.11 Å². The molecule has 0 aliphatic carbocycles. The zero-order chi connectivity index (χ0) is 13.4. The molecule has 0 aromatic carbocycles. The molecule has 1 saturated heterocycles. The number of esters is 1. The average Bonchev–Trinajstić information content (AvgIpc) is 2.43. The molecule has 0 radical (unpaired) electrons. The van der Waals surface area contributed by atoms with Gasteiger partial charge in [0.1, 0.15) is 5.54 Å². The first kappa shape index (κ1) is 15.8. The third kappa shape index (κ3) is 4.14. The fourth-order valence-electron chi connectivity index (χ4n) is 2.36. The van der Waals surface area contributed by atoms with E-state index in [2.05, 4.69) is 24.1 Å². The summed E-state index contributed by atoms with van der Waals surface area (Å²) in [5, 5.41) is 3.46. The number of likely N-dealkylation sites (N-methyl/N-ethyl adjacent to an activating group) is 1. The van der Waals surface area contributed by atoms with Gasteiger partial charge in [0, 0.05) is 13.1 Å². The minimum Gasteiger partial charge on any atom is -0.468 e. The van der Waals surface area contributed by atoms with Crippen molar-refractivity contribution in [3.05, 3.63) is 0 Å². The van der Waals surface area contributed by atoms with Crippen molar-refractivity contribution in [2.75, 3.05) is 44.8 Å². The normalized spacial score (nSPS) is 18.9. The second kappa shape index (κ2) is 8.02. The van der Waals surface area contributed by atoms with Crippen molar-refractivity contribution in [2.24, 2.45) is 0 Å². The van der Waals surface area contributed by atoms with E-state index in [0.29, 0.717) is 0 Å². The first-order chi connectivity index (χ1) is 8.68. The molecule has 0 saturated carbocycles. The first-order valence-electron chi connectivity index (χ1n) is 6.82. The molecule has 1 N–H and O–H groups in total. The lowest BCUT2D eigenvalue weighted by atomic mass is 9.92. The van der Waals surface area contributed by atoms with Gasteiger partial charge in [-0.15, -0.1) is 0 Å². The van der Waals surface area contributed by atoms with Gasteiger partial charge < -0.3 is 15.0 Å². The van der Waals surface area contributed by atoms with Crippen molar-refractivity contribution in [3.63, 3.8) is 0 Å². The van der Waals surface area contributed by atoms with E-state index in [-0.39, 0.29) is 5.97 Å². The molecule has 1 heterocycles. The summed E-state index contributed by atoms with van der Waals surface area (Å²) < 4.78 is 4.98. The Balaban J connectivity index is 2.49. The number of rotatable bonds is 7. The molecule has 1 aliphatic heterocycles. The second-order valence-electron chi connectivity index (χ2n) is 4.64. The average molecular weight is 274 g/mol. The number of hydrogen-bond donors (Lipinski definition) is 1. The first-order valence-corrected chi connectivity index (χ1v) is 7.97. The summed E-state index contributed by atoms with van der Waals surface area (Å²) in [6.45, 7) is 8.27. The lowest BCUT2D eigenvalue weighted by Crippen LogP contribution is -2.56. The van der Waals surface area contributed by atoms with E-state index < -0.39 is 5.54 Å². The maximum Gasteiger partial charge on any atom is 0.326 e. The number of nitrogens with one attached hydrogen (secondary N) is 1. The monoisotopic (exact) mass is 274 g/mol. The molecule has 1 aliphatic rings. The van der Waals surface area contributed by atoms with E-state index >= 15 is 0 Å². The molecule has 106 valence electrons. The van der Waals surface area contributed by atoms with Crippen LogP contribution in [0.15, 0.2) is 0 Å². The Hall–Kier alpha value is -0.260. The summed E-state index contributed by atoms with van der Waals surface area (Å²) in [7, 11) is 1.48. The van der Waals surface area contributed by atoms with Crippen molar-refractivity contribution >= 4 is 17.7 Å². The molecular weight excluding hydrogens is 248 g/mol. The SMILES string of the molecule is CCN(CC)CCNC1(C(=O)OC)CCSCC1. The number of hydrogen-bond acceptors (Lipinski definition) is 5. The summed E-state index contributed by atoms with van der Waals surface area (Å²) >= 11 is 1.92. The fraction of sp³-hybridized carbons (Fsp3) is 0.923. The van der Waals surface area contributed by atoms with E-state index in [0.717, 1.165) is 50.5 Å². The fourth-order valence-corrected chi connectivity index (χ4v) is 3.55. The molecule has 0 aromatic rings. The van der Waals surface area contributed by atoms with Crippen LogP contribution in [0.3, 0.4) is 0 Å². The highest BCUT2D eigenvalue weighted by Crippen LogP contribution is 2.28. The molecule has 5 heteroatoms. The largest absolute Gasteiger partial charge is 0.468 e. The van der Waals surface area contributed by atoms with Crippen LogP contribution in [0.4, 0.5) is 0 Å². The third-order valence-corrected chi connectivity index (χ3v) is 4.69. The van der Waals surface area contributed by atoms with Gasteiger partial charge in [0.25, 0.3) is 0 Å². The minimum atomic E-state index is -0.437. The lowest BCUT2D eigenvalue weighted by molar-refractivity contribution is -0.149. The van der Waals surface area contributed by atoms with Crippen molar-refractivity contribution < 1.29 is 9.53 Å². The quantitative estimate of drug-likeness (QED) is 0.710. The summed E-state index contributed by atoms with van der Waals surface area (Å²) in [6.07, 6.45) is 1.76. The Bertz CT molecular complexity index is 251. The molecule has 0 bridgehead atoms. The molecule has 0 atom stereocenters. The second-order valence-corrected chi connectivity index (χ2v) is 5.86. The Morgan fingerprint density at radius 2 is 1.94 bits per heavy atom. The van der Waals surface area contributed by atoms with Gasteiger partial charge in [-0.3, -0.25) is 4.79 Å². The predicted octanol–water partition coefficient (Wildman–Crippen LogP) is 1.36. The summed E-state index contributed by atoms with van der Waals surface area (Å²) in [5.41, 5.74) is -0.437. The Morgan fingerprint density at radius 3 is 2.44 bits per heavy atom. The molecule has 0 unspecified atom stereocenters. The van der Waals surface area contributed by atoms with Gasteiger partial charge in [-0.2, -0.15) is 11.8 Å². The van der Waals surface area contributed by atoms with E-state index in [4.69, 9.17) is 4.74 Å². The number of methoxy groups -OCH3 is 1. The maximum atomic E-state index is 12.0. The predicted molar refractivity (Wildman–Crippen MR) is 77.1 cm³/mol. The number of carbonyl (C=O) groups is 1. The van der Waals surface area contributed by atoms with E-state index in [1.807, 2.05) is 11.8 Å². The van der Waals surface area contributed by atoms with Crippen LogP contribution in [0.1, 0.15) is 26.7 Å². The highest BCUT2D eigenvalue weighted by Gasteiger charge is 2.40. The summed E-state index contributed by atoms with van der Waals surface area (Å²) in [6, 6.07) is 0. The Labute approximate surface area is 115 Å². The summed E-state index contributed by atoms with van der Waals surface area (Å²) in [4.78, 5) is 14.4. The van der Waals surface area contributed by atoms with Gasteiger partial charge in [0.15, 0.2) is 0 Å². The molecule has 4 nitrogen and oxygen atoms in total. The van der Waals surface area contributed by atoms with Crippen molar-refractivity contribution in [1.29, 1.82) is 0 Å². The highest BCUT2D eigenvalue weighted by molar-refractivity contribution is 7.99. The van der Waals surface area contributed by atoms with Gasteiger partial charge >= 0.3 is 5.97 Å². The van der Waals surface area contributed by atoms with Crippen molar-refractivity contribution in [3.8, 4) is 0 Å². The Kier molecular flexibility index (Phi) is 7.04. The van der Waals surface area contributed by atoms with E-state index in [9.17, 15) is 4.79 Å². The van der Waals surface area contributed by atoms with Crippen LogP contribution in [0.25, 0.3) is 0 Å². The van der Waals surface area contributed by atoms with Crippen LogP contribution in [0.5, 0.6) is 0 Å². The van der Waals surface area contributed by atoms with E-state index in [1.54, 1.807) is 0 Å². The van der Waals surface area contributed by atoms with Gasteiger partial charge in [0.05, 0.1) is 7.11 Å². The smallest absolute Gasteiger partial charge is 0.326 e. The lowest BCUT2D eigenvalue weighted by Gasteiger charge is -2.35. The zero-order valence-electron chi connectivity index (χ0n) is 11.8. The molecular formula is C13H26N2O2S. The van der Waals surface area contributed by atoms with Gasteiger partial charge in [-0.1, -0.05) is 13.8 Å². The summed E-state index contributed by atoms with van der Waals surface area (Å²) in [5.74, 6) is 1.98. The number of ether oxygens (including phenoxy) is 1. The number of thioether (sulfide) groups is 1. The Morgan fingerprint density at radius 1 is 1.33 bits per heavy atom. The molecule has 1 fully saturated rings. The number of carbonyl (C=O) groups excluding carboxylic acids is 1. The van der Waals surface area contributed by atoms with Crippen LogP contribution in [0.2, 0.25) is 0 Å². The van der Waals surface area contributed by atoms with Gasteiger partial charge in [0.2, 0.25) is 0 Å². The van der Waals surface area contributed by atoms with Crippen LogP contribution >= 0.6 is 11.8 Å². The third-order valence-electron chi connectivity index (χ3n) is 3.71. The van der Waals surface area contributed by atoms with Crippen LogP contribution in [0, 0.1) is 0 Å². The van der Waals surface area contributed by atoms with Crippen LogP contribution in [-0.2, 0) is 9.53 Å². The van der Waals surface area contributed by atoms with Crippen molar-refractivity contribution in [2.45, 2.75) is 32.2 Å². The molecule has 0 spiro atoms. The molecule has 0 aromatic heterocycles. The van der Waals surface area contributed by atoms with Crippen LogP contribution < -0.4 is 5.32 Å². The zero-order valence-corrected chi connectivity index (χ0v) is 12.6. The van der Waals surface area contributed by atoms with Gasteiger partial charge in [-0.05, 0) is 37.4 Å². The standard InChI is InChI=1S/C13H26N2O2S/c1-4-15(5-2)9-8-14-13(12(16)17-3)6-10-18-11-7-13/h14H,4-11H2,1-3H3. The highest BCUT2D eigenvalue weighted by atomic mass is 32.2. The van der Waals surface area contributed by atoms with Crippen molar-refractivity contribution in [1.82, 2.24) is 10.2 Å². The van der Waals surface area contributed by atoms with Gasteiger partial charge in [-0.25, -0.2) is 0 Å². The molecule has 0 amide bonds. The maximum absolute atomic E-state index is 12.0. The molecule has 18 heavy (non-hydrogen) atoms. The molecule has 1 rings (SSSR count). The minimum absolute atomic E-state index is 0.0950. The number of nitrogens with zero attached hydrogens (tertiary/aromatic N) is 1.